The monoisotopic (exact) mass is 236 g/mol. The van der Waals surface area contributed by atoms with Gasteiger partial charge in [0, 0.05) is 13.7 Å². The molecule has 3 unspecified atom stereocenters. The fourth-order valence-electron chi connectivity index (χ4n) is 1.86. The lowest BCUT2D eigenvalue weighted by Gasteiger charge is -2.41. The fourth-order valence-corrected chi connectivity index (χ4v) is 1.86. The summed E-state index contributed by atoms with van der Waals surface area (Å²) in [5.41, 5.74) is 0. The Bertz CT molecular complexity index is 198. The molecule has 6 nitrogen and oxygen atoms in total. The van der Waals surface area contributed by atoms with Gasteiger partial charge in [-0.25, -0.2) is 0 Å². The highest BCUT2D eigenvalue weighted by atomic mass is 16.6. The molecule has 0 aromatic carbocycles. The summed E-state index contributed by atoms with van der Waals surface area (Å²) in [6, 6.07) is 0. The van der Waals surface area contributed by atoms with Gasteiger partial charge in [-0.15, -0.1) is 0 Å². The number of hydrogen-bond acceptors (Lipinski definition) is 6. The lowest BCUT2D eigenvalue weighted by molar-refractivity contribution is -0.248. The van der Waals surface area contributed by atoms with Crippen LogP contribution in [0.1, 0.15) is 6.92 Å². The third-order valence-electron chi connectivity index (χ3n) is 2.65. The average Bonchev–Trinajstić information content (AvgIpc) is 2.29. The van der Waals surface area contributed by atoms with E-state index >= 15 is 0 Å². The molecular weight excluding hydrogens is 216 g/mol. The zero-order valence-electron chi connectivity index (χ0n) is 9.57. The molecule has 6 heteroatoms. The lowest BCUT2D eigenvalue weighted by Crippen LogP contribution is -2.60. The van der Waals surface area contributed by atoms with Crippen molar-refractivity contribution in [3.8, 4) is 0 Å². The SMILES string of the molecule is CCO[C@@H]1C(CO)OC(COC)[C@@H](O)C1O. The van der Waals surface area contributed by atoms with Crippen LogP contribution in [0.25, 0.3) is 0 Å². The molecule has 0 bridgehead atoms. The number of methoxy groups -OCH3 is 1. The van der Waals surface area contributed by atoms with Gasteiger partial charge in [0.15, 0.2) is 0 Å². The largest absolute Gasteiger partial charge is 0.394 e. The summed E-state index contributed by atoms with van der Waals surface area (Å²) in [6.45, 7) is 2.04. The van der Waals surface area contributed by atoms with Crippen LogP contribution in [-0.4, -0.2) is 72.8 Å². The molecule has 1 aliphatic heterocycles. The molecule has 0 spiro atoms. The van der Waals surface area contributed by atoms with Gasteiger partial charge in [-0.05, 0) is 6.92 Å². The van der Waals surface area contributed by atoms with E-state index in [0.29, 0.717) is 6.61 Å². The Balaban J connectivity index is 2.68. The Morgan fingerprint density at radius 2 is 1.88 bits per heavy atom. The van der Waals surface area contributed by atoms with E-state index in [1.165, 1.54) is 7.11 Å². The summed E-state index contributed by atoms with van der Waals surface area (Å²) >= 11 is 0. The van der Waals surface area contributed by atoms with Gasteiger partial charge in [0.2, 0.25) is 0 Å². The standard InChI is InChI=1S/C10H20O6/c1-3-15-10-6(4-11)16-7(5-14-2)8(12)9(10)13/h6-13H,3-5H2,1-2H3/t6?,7?,8-,9?,10-/m1/s1. The summed E-state index contributed by atoms with van der Waals surface area (Å²) in [4.78, 5) is 0. The van der Waals surface area contributed by atoms with E-state index < -0.39 is 30.5 Å². The van der Waals surface area contributed by atoms with Crippen molar-refractivity contribution in [1.82, 2.24) is 0 Å². The molecule has 0 aromatic heterocycles. The van der Waals surface area contributed by atoms with Crippen LogP contribution in [0.15, 0.2) is 0 Å². The Morgan fingerprint density at radius 3 is 2.38 bits per heavy atom. The molecule has 0 aromatic rings. The van der Waals surface area contributed by atoms with Gasteiger partial charge in [0.05, 0.1) is 13.2 Å². The smallest absolute Gasteiger partial charge is 0.114 e. The number of hydrogen-bond donors (Lipinski definition) is 3. The number of aliphatic hydroxyl groups is 3. The van der Waals surface area contributed by atoms with Gasteiger partial charge in [0.25, 0.3) is 0 Å². The van der Waals surface area contributed by atoms with Gasteiger partial charge >= 0.3 is 0 Å². The molecule has 3 N–H and O–H groups in total. The molecule has 0 saturated carbocycles. The van der Waals surface area contributed by atoms with Crippen molar-refractivity contribution in [3.63, 3.8) is 0 Å². The summed E-state index contributed by atoms with van der Waals surface area (Å²) < 4.78 is 15.5. The van der Waals surface area contributed by atoms with Gasteiger partial charge in [-0.1, -0.05) is 0 Å². The maximum atomic E-state index is 9.85. The van der Waals surface area contributed by atoms with E-state index in [4.69, 9.17) is 19.3 Å². The van der Waals surface area contributed by atoms with Crippen LogP contribution >= 0.6 is 0 Å². The molecule has 1 saturated heterocycles. The molecule has 1 fully saturated rings. The molecule has 5 atom stereocenters. The van der Waals surface area contributed by atoms with Crippen molar-refractivity contribution in [2.24, 2.45) is 0 Å². The van der Waals surface area contributed by atoms with E-state index in [0.717, 1.165) is 0 Å². The third-order valence-corrected chi connectivity index (χ3v) is 2.65. The van der Waals surface area contributed by atoms with Crippen molar-refractivity contribution in [2.45, 2.75) is 37.4 Å². The van der Waals surface area contributed by atoms with E-state index in [1.54, 1.807) is 6.92 Å². The molecule has 1 aliphatic rings. The topological polar surface area (TPSA) is 88.4 Å². The summed E-state index contributed by atoms with van der Waals surface area (Å²) in [5, 5.41) is 28.7. The first-order valence-electron chi connectivity index (χ1n) is 5.38. The second kappa shape index (κ2) is 6.48. The van der Waals surface area contributed by atoms with Crippen LogP contribution < -0.4 is 0 Å². The van der Waals surface area contributed by atoms with Gasteiger partial charge in [0.1, 0.15) is 30.5 Å². The predicted molar refractivity (Wildman–Crippen MR) is 55.1 cm³/mol. The Hall–Kier alpha value is -0.240. The number of rotatable bonds is 5. The van der Waals surface area contributed by atoms with Crippen LogP contribution in [0.3, 0.4) is 0 Å². The molecule has 96 valence electrons. The molecule has 0 amide bonds. The second-order valence-electron chi connectivity index (χ2n) is 3.75. The van der Waals surface area contributed by atoms with Crippen molar-refractivity contribution in [3.05, 3.63) is 0 Å². The van der Waals surface area contributed by atoms with Crippen LogP contribution in [0, 0.1) is 0 Å². The van der Waals surface area contributed by atoms with Crippen molar-refractivity contribution in [1.29, 1.82) is 0 Å². The minimum Gasteiger partial charge on any atom is -0.394 e. The Kier molecular flexibility index (Phi) is 5.60. The predicted octanol–water partition coefficient (Wildman–Crippen LogP) is -1.48. The Labute approximate surface area is 94.7 Å². The number of aliphatic hydroxyl groups excluding tert-OH is 3. The van der Waals surface area contributed by atoms with Crippen molar-refractivity contribution < 1.29 is 29.5 Å². The first kappa shape index (κ1) is 13.8. The van der Waals surface area contributed by atoms with Crippen molar-refractivity contribution >= 4 is 0 Å². The van der Waals surface area contributed by atoms with Crippen LogP contribution in [0.4, 0.5) is 0 Å². The normalized spacial score (nSPS) is 39.9. The molecule has 0 radical (unpaired) electrons. The van der Waals surface area contributed by atoms with Gasteiger partial charge in [-0.3, -0.25) is 0 Å². The Morgan fingerprint density at radius 1 is 1.19 bits per heavy atom. The molecule has 0 aliphatic carbocycles. The maximum Gasteiger partial charge on any atom is 0.114 e. The maximum absolute atomic E-state index is 9.85. The number of ether oxygens (including phenoxy) is 3. The van der Waals surface area contributed by atoms with Gasteiger partial charge < -0.3 is 29.5 Å². The lowest BCUT2D eigenvalue weighted by atomic mass is 9.95. The summed E-state index contributed by atoms with van der Waals surface area (Å²) in [7, 11) is 1.48. The second-order valence-corrected chi connectivity index (χ2v) is 3.75. The van der Waals surface area contributed by atoms with E-state index in [9.17, 15) is 10.2 Å². The first-order chi connectivity index (χ1) is 7.65. The zero-order chi connectivity index (χ0) is 12.1. The van der Waals surface area contributed by atoms with Gasteiger partial charge in [-0.2, -0.15) is 0 Å². The van der Waals surface area contributed by atoms with Crippen LogP contribution in [0.2, 0.25) is 0 Å². The zero-order valence-corrected chi connectivity index (χ0v) is 9.57. The fraction of sp³-hybridized carbons (Fsp3) is 1.00. The quantitative estimate of drug-likeness (QED) is 0.539. The summed E-state index contributed by atoms with van der Waals surface area (Å²) in [6.07, 6.45) is -4.14. The third kappa shape index (κ3) is 2.91. The minimum absolute atomic E-state index is 0.160. The van der Waals surface area contributed by atoms with Crippen LogP contribution in [-0.2, 0) is 14.2 Å². The van der Waals surface area contributed by atoms with Crippen molar-refractivity contribution in [2.75, 3.05) is 26.9 Å². The average molecular weight is 236 g/mol. The molecule has 1 rings (SSSR count). The first-order valence-corrected chi connectivity index (χ1v) is 5.38. The molecule has 16 heavy (non-hydrogen) atoms. The highest BCUT2D eigenvalue weighted by Crippen LogP contribution is 2.23. The van der Waals surface area contributed by atoms with E-state index in [1.807, 2.05) is 0 Å². The molecule has 1 heterocycles. The highest BCUT2D eigenvalue weighted by molar-refractivity contribution is 4.92. The minimum atomic E-state index is -1.08. The van der Waals surface area contributed by atoms with E-state index in [-0.39, 0.29) is 13.2 Å². The van der Waals surface area contributed by atoms with Crippen LogP contribution in [0.5, 0.6) is 0 Å². The van der Waals surface area contributed by atoms with E-state index in [2.05, 4.69) is 0 Å². The summed E-state index contributed by atoms with van der Waals surface area (Å²) in [5.74, 6) is 0. The highest BCUT2D eigenvalue weighted by Gasteiger charge is 2.44. The molecular formula is C10H20O6.